The van der Waals surface area contributed by atoms with Gasteiger partial charge in [-0.1, -0.05) is 30.3 Å². The molecule has 1 aliphatic heterocycles. The third-order valence-corrected chi connectivity index (χ3v) is 4.95. The van der Waals surface area contributed by atoms with E-state index in [1.807, 2.05) is 46.8 Å². The summed E-state index contributed by atoms with van der Waals surface area (Å²) < 4.78 is 1.96. The van der Waals surface area contributed by atoms with Crippen molar-refractivity contribution in [2.45, 2.75) is 50.7 Å². The molecule has 7 heteroatoms. The second kappa shape index (κ2) is 7.14. The third kappa shape index (κ3) is 3.55. The molecule has 1 amide bonds. The first-order valence-corrected chi connectivity index (χ1v) is 8.68. The Morgan fingerprint density at radius 2 is 2.00 bits per heavy atom. The molecule has 0 unspecified atom stereocenters. The highest BCUT2D eigenvalue weighted by Gasteiger charge is 2.35. The van der Waals surface area contributed by atoms with Crippen LogP contribution in [-0.2, 0) is 17.8 Å². The first kappa shape index (κ1) is 17.9. The average molecular weight is 362 g/mol. The van der Waals surface area contributed by atoms with Crippen molar-refractivity contribution in [3.05, 3.63) is 47.5 Å². The number of halogens is 1. The molecule has 2 aliphatic rings. The Hall–Kier alpha value is -1.92. The predicted molar refractivity (Wildman–Crippen MR) is 97.5 cm³/mol. The highest BCUT2D eigenvalue weighted by molar-refractivity contribution is 5.85. The molecule has 2 heterocycles. The molecule has 6 nitrogen and oxygen atoms in total. The van der Waals surface area contributed by atoms with Crippen LogP contribution in [0.4, 0.5) is 0 Å². The van der Waals surface area contributed by atoms with Crippen LogP contribution in [0.5, 0.6) is 0 Å². The van der Waals surface area contributed by atoms with Gasteiger partial charge in [0.1, 0.15) is 5.82 Å². The molecule has 0 spiro atoms. The van der Waals surface area contributed by atoms with Gasteiger partial charge in [-0.15, -0.1) is 12.4 Å². The molecule has 134 valence electrons. The van der Waals surface area contributed by atoms with E-state index in [1.165, 1.54) is 12.8 Å². The number of hydrogen-bond acceptors (Lipinski definition) is 4. The summed E-state index contributed by atoms with van der Waals surface area (Å²) in [6.45, 7) is 3.36. The van der Waals surface area contributed by atoms with Crippen molar-refractivity contribution in [2.75, 3.05) is 6.54 Å². The van der Waals surface area contributed by atoms with Crippen LogP contribution < -0.4 is 5.73 Å². The van der Waals surface area contributed by atoms with Crippen LogP contribution in [-0.4, -0.2) is 38.2 Å². The molecule has 0 bridgehead atoms. The molecule has 0 saturated heterocycles. The molecule has 2 aromatic rings. The number of aromatic nitrogens is 3. The fraction of sp³-hybridized carbons (Fsp3) is 0.500. The zero-order chi connectivity index (χ0) is 16.7. The van der Waals surface area contributed by atoms with Gasteiger partial charge in [-0.2, -0.15) is 5.10 Å². The minimum atomic E-state index is -0.521. The van der Waals surface area contributed by atoms with Gasteiger partial charge in [0.25, 0.3) is 0 Å². The lowest BCUT2D eigenvalue weighted by atomic mass is 10.0. The summed E-state index contributed by atoms with van der Waals surface area (Å²) in [7, 11) is 0. The van der Waals surface area contributed by atoms with Crippen molar-refractivity contribution in [1.29, 1.82) is 0 Å². The van der Waals surface area contributed by atoms with Gasteiger partial charge >= 0.3 is 0 Å². The number of rotatable bonds is 4. The molecule has 2 N–H and O–H groups in total. The van der Waals surface area contributed by atoms with Crippen LogP contribution in [0.2, 0.25) is 0 Å². The fourth-order valence-corrected chi connectivity index (χ4v) is 3.37. The summed E-state index contributed by atoms with van der Waals surface area (Å²) in [6, 6.07) is 9.32. The molecular formula is C18H24ClN5O. The summed E-state index contributed by atoms with van der Waals surface area (Å²) in [5, 5.41) is 4.61. The van der Waals surface area contributed by atoms with Crippen molar-refractivity contribution in [1.82, 2.24) is 19.7 Å². The van der Waals surface area contributed by atoms with E-state index >= 15 is 0 Å². The molecule has 0 radical (unpaired) electrons. The van der Waals surface area contributed by atoms with Gasteiger partial charge in [-0.05, 0) is 31.7 Å². The summed E-state index contributed by atoms with van der Waals surface area (Å²) in [4.78, 5) is 19.4. The molecule has 1 aromatic carbocycles. The number of hydrogen-bond donors (Lipinski definition) is 1. The lowest BCUT2D eigenvalue weighted by molar-refractivity contribution is -0.136. The smallest absolute Gasteiger partial charge is 0.240 e. The fourth-order valence-electron chi connectivity index (χ4n) is 3.37. The molecule has 1 fully saturated rings. The zero-order valence-corrected chi connectivity index (χ0v) is 15.2. The number of nitrogens with two attached hydrogens (primary N) is 1. The maximum absolute atomic E-state index is 12.8. The first-order valence-electron chi connectivity index (χ1n) is 8.68. The van der Waals surface area contributed by atoms with Gasteiger partial charge in [0.15, 0.2) is 5.82 Å². The van der Waals surface area contributed by atoms with E-state index in [2.05, 4.69) is 10.1 Å². The Bertz CT molecular complexity index is 743. The van der Waals surface area contributed by atoms with Crippen molar-refractivity contribution >= 4 is 18.3 Å². The molecular weight excluding hydrogens is 338 g/mol. The molecule has 1 saturated carbocycles. The summed E-state index contributed by atoms with van der Waals surface area (Å²) in [5.41, 5.74) is 7.28. The van der Waals surface area contributed by atoms with E-state index in [4.69, 9.17) is 5.73 Å². The predicted octanol–water partition coefficient (Wildman–Crippen LogP) is 2.05. The van der Waals surface area contributed by atoms with Gasteiger partial charge in [0.2, 0.25) is 5.91 Å². The Labute approximate surface area is 153 Å². The normalized spacial score (nSPS) is 20.6. The minimum Gasteiger partial charge on any atom is -0.330 e. The van der Waals surface area contributed by atoms with Gasteiger partial charge in [-0.25, -0.2) is 9.67 Å². The molecule has 4 rings (SSSR count). The SMILES string of the molecule is C[C@@H]1c2nc(C3CC3)nn2CCN1C(=O)[C@H](N)Cc1ccccc1.Cl. The topological polar surface area (TPSA) is 77.0 Å². The second-order valence-corrected chi connectivity index (χ2v) is 6.83. The number of amides is 1. The van der Waals surface area contributed by atoms with Crippen LogP contribution in [0.3, 0.4) is 0 Å². The van der Waals surface area contributed by atoms with Crippen molar-refractivity contribution in [2.24, 2.45) is 5.73 Å². The number of nitrogens with zero attached hydrogens (tertiary/aromatic N) is 4. The van der Waals surface area contributed by atoms with Crippen LogP contribution in [0.15, 0.2) is 30.3 Å². The first-order chi connectivity index (χ1) is 11.6. The zero-order valence-electron chi connectivity index (χ0n) is 14.3. The Morgan fingerprint density at radius 1 is 1.28 bits per heavy atom. The summed E-state index contributed by atoms with van der Waals surface area (Å²) in [6.07, 6.45) is 2.92. The van der Waals surface area contributed by atoms with Gasteiger partial charge in [0, 0.05) is 12.5 Å². The molecule has 2 atom stereocenters. The van der Waals surface area contributed by atoms with Gasteiger partial charge in [0.05, 0.1) is 18.6 Å². The average Bonchev–Trinajstić information content (AvgIpc) is 3.35. The Kier molecular flexibility index (Phi) is 5.11. The lowest BCUT2D eigenvalue weighted by Gasteiger charge is -2.34. The van der Waals surface area contributed by atoms with Crippen LogP contribution >= 0.6 is 12.4 Å². The Balaban J connectivity index is 0.00000182. The lowest BCUT2D eigenvalue weighted by Crippen LogP contribution is -2.49. The molecule has 1 aromatic heterocycles. The highest BCUT2D eigenvalue weighted by Crippen LogP contribution is 2.39. The van der Waals surface area contributed by atoms with Crippen LogP contribution in [0.1, 0.15) is 48.9 Å². The van der Waals surface area contributed by atoms with Gasteiger partial charge in [-0.3, -0.25) is 4.79 Å². The van der Waals surface area contributed by atoms with E-state index in [9.17, 15) is 4.79 Å². The van der Waals surface area contributed by atoms with Crippen molar-refractivity contribution < 1.29 is 4.79 Å². The maximum Gasteiger partial charge on any atom is 0.240 e. The minimum absolute atomic E-state index is 0. The standard InChI is InChI=1S/C18H23N5O.ClH/c1-12-17-20-16(14-7-8-14)21-23(17)10-9-22(12)18(24)15(19)11-13-5-3-2-4-6-13;/h2-6,12,14-15H,7-11,19H2,1H3;1H/t12-,15-;/m1./s1. The van der Waals surface area contributed by atoms with Crippen molar-refractivity contribution in [3.8, 4) is 0 Å². The maximum atomic E-state index is 12.8. The number of fused-ring (bicyclic) bond motifs is 1. The quantitative estimate of drug-likeness (QED) is 0.904. The third-order valence-electron chi connectivity index (χ3n) is 4.95. The van der Waals surface area contributed by atoms with E-state index in [0.717, 1.165) is 17.2 Å². The largest absolute Gasteiger partial charge is 0.330 e. The number of benzene rings is 1. The van der Waals surface area contributed by atoms with Gasteiger partial charge < -0.3 is 10.6 Å². The van der Waals surface area contributed by atoms with E-state index < -0.39 is 6.04 Å². The van der Waals surface area contributed by atoms with E-state index in [-0.39, 0.29) is 24.4 Å². The summed E-state index contributed by atoms with van der Waals surface area (Å²) >= 11 is 0. The highest BCUT2D eigenvalue weighted by atomic mass is 35.5. The second-order valence-electron chi connectivity index (χ2n) is 6.83. The summed E-state index contributed by atoms with van der Waals surface area (Å²) in [5.74, 6) is 2.36. The number of carbonyl (C=O) groups excluding carboxylic acids is 1. The molecule has 1 aliphatic carbocycles. The van der Waals surface area contributed by atoms with Crippen molar-refractivity contribution in [3.63, 3.8) is 0 Å². The van der Waals surface area contributed by atoms with Crippen LogP contribution in [0, 0.1) is 0 Å². The molecule has 25 heavy (non-hydrogen) atoms. The monoisotopic (exact) mass is 361 g/mol. The van der Waals surface area contributed by atoms with E-state index in [0.29, 0.717) is 25.4 Å². The number of carbonyl (C=O) groups is 1. The Morgan fingerprint density at radius 3 is 2.68 bits per heavy atom. The van der Waals surface area contributed by atoms with Crippen LogP contribution in [0.25, 0.3) is 0 Å². The van der Waals surface area contributed by atoms with E-state index in [1.54, 1.807) is 0 Å².